The van der Waals surface area contributed by atoms with E-state index in [2.05, 4.69) is 17.1 Å². The first-order valence-electron chi connectivity index (χ1n) is 5.01. The van der Waals surface area contributed by atoms with Crippen LogP contribution in [0.2, 0.25) is 0 Å². The van der Waals surface area contributed by atoms with E-state index >= 15 is 0 Å². The third-order valence-corrected chi connectivity index (χ3v) is 2.82. The van der Waals surface area contributed by atoms with E-state index in [0.29, 0.717) is 5.16 Å². The molecule has 0 amide bonds. The summed E-state index contributed by atoms with van der Waals surface area (Å²) in [5, 5.41) is 17.3. The van der Waals surface area contributed by atoms with Gasteiger partial charge in [-0.15, -0.1) is 10.2 Å². The lowest BCUT2D eigenvalue weighted by Crippen LogP contribution is -2.16. The first-order valence-corrected chi connectivity index (χ1v) is 6.00. The quantitative estimate of drug-likeness (QED) is 0.751. The molecule has 0 aliphatic rings. The van der Waals surface area contributed by atoms with Gasteiger partial charge in [0.05, 0.1) is 5.75 Å². The second-order valence-electron chi connectivity index (χ2n) is 3.51. The second-order valence-corrected chi connectivity index (χ2v) is 4.45. The summed E-state index contributed by atoms with van der Waals surface area (Å²) in [4.78, 5) is 12.4. The van der Waals surface area contributed by atoms with E-state index in [1.165, 1.54) is 11.8 Å². The van der Waals surface area contributed by atoms with Crippen LogP contribution in [0.3, 0.4) is 0 Å². The molecule has 0 fully saturated rings. The maximum Gasteiger partial charge on any atom is 0.313 e. The number of hydrogen-bond donors (Lipinski definition) is 1. The van der Waals surface area contributed by atoms with Gasteiger partial charge in [-0.2, -0.15) is 0 Å². The fourth-order valence-electron chi connectivity index (χ4n) is 1.26. The standard InChI is InChI=1S/C9H16N4O2S/c1-4-5-13-8(12(2)3)10-11-9(13)16-6-7(14)15/h4-6H2,1-3H3,(H,14,15). The summed E-state index contributed by atoms with van der Waals surface area (Å²) in [5.74, 6) is -0.0767. The smallest absolute Gasteiger partial charge is 0.313 e. The Morgan fingerprint density at radius 3 is 2.69 bits per heavy atom. The number of carboxylic acids is 1. The van der Waals surface area contributed by atoms with Crippen molar-refractivity contribution in [3.05, 3.63) is 0 Å². The third kappa shape index (κ3) is 3.13. The Morgan fingerprint density at radius 2 is 2.19 bits per heavy atom. The number of rotatable bonds is 6. The lowest BCUT2D eigenvalue weighted by Gasteiger charge is -2.13. The normalized spacial score (nSPS) is 10.4. The van der Waals surface area contributed by atoms with Gasteiger partial charge in [-0.25, -0.2) is 0 Å². The highest BCUT2D eigenvalue weighted by Gasteiger charge is 2.14. The Hall–Kier alpha value is -1.24. The van der Waals surface area contributed by atoms with E-state index in [0.717, 1.165) is 18.9 Å². The fourth-order valence-corrected chi connectivity index (χ4v) is 1.94. The summed E-state index contributed by atoms with van der Waals surface area (Å²) in [6.07, 6.45) is 0.958. The summed E-state index contributed by atoms with van der Waals surface area (Å²) in [6.45, 7) is 2.85. The number of aliphatic carboxylic acids is 1. The Morgan fingerprint density at radius 1 is 1.50 bits per heavy atom. The van der Waals surface area contributed by atoms with Gasteiger partial charge in [-0.3, -0.25) is 9.36 Å². The number of thioether (sulfide) groups is 1. The minimum absolute atomic E-state index is 0.00920. The van der Waals surface area contributed by atoms with E-state index in [1.54, 1.807) is 0 Å². The molecule has 1 aromatic rings. The number of aromatic nitrogens is 3. The molecular formula is C9H16N4O2S. The van der Waals surface area contributed by atoms with Crippen molar-refractivity contribution in [2.45, 2.75) is 25.0 Å². The van der Waals surface area contributed by atoms with Gasteiger partial charge < -0.3 is 10.0 Å². The Bertz CT molecular complexity index is 364. The van der Waals surface area contributed by atoms with Gasteiger partial charge in [0.2, 0.25) is 5.95 Å². The monoisotopic (exact) mass is 244 g/mol. The molecule has 90 valence electrons. The van der Waals surface area contributed by atoms with Crippen LogP contribution in [0.15, 0.2) is 5.16 Å². The molecule has 6 nitrogen and oxygen atoms in total. The molecule has 0 radical (unpaired) electrons. The molecule has 16 heavy (non-hydrogen) atoms. The second kappa shape index (κ2) is 5.74. The van der Waals surface area contributed by atoms with E-state index < -0.39 is 5.97 Å². The summed E-state index contributed by atoms with van der Waals surface area (Å²) in [7, 11) is 3.78. The van der Waals surface area contributed by atoms with Crippen molar-refractivity contribution in [1.29, 1.82) is 0 Å². The fraction of sp³-hybridized carbons (Fsp3) is 0.667. The van der Waals surface area contributed by atoms with E-state index in [1.807, 2.05) is 23.6 Å². The summed E-state index contributed by atoms with van der Waals surface area (Å²) < 4.78 is 1.94. The lowest BCUT2D eigenvalue weighted by molar-refractivity contribution is -0.133. The first kappa shape index (κ1) is 12.8. The highest BCUT2D eigenvalue weighted by atomic mass is 32.2. The highest BCUT2D eigenvalue weighted by molar-refractivity contribution is 7.99. The largest absolute Gasteiger partial charge is 0.481 e. The first-order chi connectivity index (χ1) is 7.56. The van der Waals surface area contributed by atoms with Crippen LogP contribution in [0.1, 0.15) is 13.3 Å². The SMILES string of the molecule is CCCn1c(SCC(=O)O)nnc1N(C)C. The molecule has 0 saturated carbocycles. The van der Waals surface area contributed by atoms with Crippen LogP contribution in [0.25, 0.3) is 0 Å². The zero-order valence-electron chi connectivity index (χ0n) is 9.67. The molecule has 0 spiro atoms. The van der Waals surface area contributed by atoms with Crippen LogP contribution in [0.5, 0.6) is 0 Å². The predicted octanol–water partition coefficient (Wildman–Crippen LogP) is 0.931. The van der Waals surface area contributed by atoms with Gasteiger partial charge in [0.1, 0.15) is 0 Å². The maximum atomic E-state index is 10.5. The van der Waals surface area contributed by atoms with Crippen molar-refractivity contribution < 1.29 is 9.90 Å². The highest BCUT2D eigenvalue weighted by Crippen LogP contribution is 2.20. The molecule has 0 aliphatic carbocycles. The molecule has 0 bridgehead atoms. The van der Waals surface area contributed by atoms with Crippen molar-refractivity contribution in [1.82, 2.24) is 14.8 Å². The van der Waals surface area contributed by atoms with Gasteiger partial charge in [0.25, 0.3) is 0 Å². The molecule has 7 heteroatoms. The topological polar surface area (TPSA) is 71.2 Å². The molecule has 1 heterocycles. The number of carbonyl (C=O) groups is 1. The van der Waals surface area contributed by atoms with Gasteiger partial charge in [0, 0.05) is 20.6 Å². The third-order valence-electron chi connectivity index (χ3n) is 1.87. The lowest BCUT2D eigenvalue weighted by atomic mass is 10.5. The van der Waals surface area contributed by atoms with Crippen LogP contribution in [-0.2, 0) is 11.3 Å². The molecule has 1 N–H and O–H groups in total. The van der Waals surface area contributed by atoms with Crippen LogP contribution < -0.4 is 4.90 Å². The van der Waals surface area contributed by atoms with Gasteiger partial charge in [-0.05, 0) is 6.42 Å². The van der Waals surface area contributed by atoms with E-state index in [-0.39, 0.29) is 5.75 Å². The molecule has 1 rings (SSSR count). The molecule has 1 aromatic heterocycles. The van der Waals surface area contributed by atoms with Crippen molar-refractivity contribution in [3.8, 4) is 0 Å². The average molecular weight is 244 g/mol. The minimum atomic E-state index is -0.845. The van der Waals surface area contributed by atoms with Crippen molar-refractivity contribution in [3.63, 3.8) is 0 Å². The summed E-state index contributed by atoms with van der Waals surface area (Å²) in [6, 6.07) is 0. The summed E-state index contributed by atoms with van der Waals surface area (Å²) in [5.41, 5.74) is 0. The molecule has 0 aliphatic heterocycles. The van der Waals surface area contributed by atoms with Crippen LogP contribution in [-0.4, -0.2) is 45.7 Å². The van der Waals surface area contributed by atoms with Gasteiger partial charge >= 0.3 is 5.97 Å². The minimum Gasteiger partial charge on any atom is -0.481 e. The van der Waals surface area contributed by atoms with Crippen molar-refractivity contribution >= 4 is 23.7 Å². The van der Waals surface area contributed by atoms with E-state index in [4.69, 9.17) is 5.11 Å². The number of carboxylic acid groups (broad SMARTS) is 1. The zero-order chi connectivity index (χ0) is 12.1. The van der Waals surface area contributed by atoms with Gasteiger partial charge in [-0.1, -0.05) is 18.7 Å². The summed E-state index contributed by atoms with van der Waals surface area (Å²) >= 11 is 1.20. The van der Waals surface area contributed by atoms with Crippen molar-refractivity contribution in [2.24, 2.45) is 0 Å². The predicted molar refractivity (Wildman–Crippen MR) is 63.0 cm³/mol. The van der Waals surface area contributed by atoms with Crippen LogP contribution in [0.4, 0.5) is 5.95 Å². The Labute approximate surface area is 98.7 Å². The van der Waals surface area contributed by atoms with Gasteiger partial charge in [0.15, 0.2) is 5.16 Å². The van der Waals surface area contributed by atoms with Crippen LogP contribution >= 0.6 is 11.8 Å². The molecule has 0 saturated heterocycles. The molecular weight excluding hydrogens is 228 g/mol. The Kier molecular flexibility index (Phi) is 4.60. The number of nitrogens with zero attached hydrogens (tertiary/aromatic N) is 4. The average Bonchev–Trinajstić information content (AvgIpc) is 2.59. The molecule has 0 unspecified atom stereocenters. The van der Waals surface area contributed by atoms with Crippen molar-refractivity contribution in [2.75, 3.05) is 24.7 Å². The number of anilines is 1. The molecule has 0 atom stereocenters. The van der Waals surface area contributed by atoms with Crippen LogP contribution in [0, 0.1) is 0 Å². The molecule has 0 aromatic carbocycles. The maximum absolute atomic E-state index is 10.5. The number of hydrogen-bond acceptors (Lipinski definition) is 5. The Balaban J connectivity index is 2.86. The zero-order valence-corrected chi connectivity index (χ0v) is 10.5. The van der Waals surface area contributed by atoms with E-state index in [9.17, 15) is 4.79 Å².